The number of esters is 1. The van der Waals surface area contributed by atoms with Gasteiger partial charge < -0.3 is 9.26 Å². The normalized spacial score (nSPS) is 10.4. The Morgan fingerprint density at radius 1 is 1.68 bits per heavy atom. The number of ether oxygens (including phenoxy) is 1. The van der Waals surface area contributed by atoms with E-state index in [0.717, 1.165) is 0 Å². The lowest BCUT2D eigenvalue weighted by atomic mass is 10.0. The van der Waals surface area contributed by atoms with Crippen molar-refractivity contribution in [2.75, 3.05) is 0 Å². The number of aromatic nitrogens is 1. The average Bonchev–Trinajstić information content (AvgIpc) is 2.83. The number of nitro groups is 1. The van der Waals surface area contributed by atoms with Gasteiger partial charge in [-0.15, -0.1) is 0 Å². The monoisotopic (exact) mass is 262 g/mol. The molecule has 7 nitrogen and oxygen atoms in total. The minimum atomic E-state index is -0.572. The lowest BCUT2D eigenvalue weighted by Gasteiger charge is -2.07. The van der Waals surface area contributed by atoms with Gasteiger partial charge in [-0.1, -0.05) is 17.8 Å². The number of benzene rings is 1. The zero-order valence-electron chi connectivity index (χ0n) is 10.1. The van der Waals surface area contributed by atoms with Crippen LogP contribution in [0.1, 0.15) is 18.1 Å². The zero-order chi connectivity index (χ0) is 14.0. The summed E-state index contributed by atoms with van der Waals surface area (Å²) in [5, 5.41) is 15.0. The Morgan fingerprint density at radius 3 is 3.00 bits per heavy atom. The molecule has 0 aliphatic rings. The van der Waals surface area contributed by atoms with Gasteiger partial charge in [0.1, 0.15) is 6.61 Å². The molecule has 0 bridgehead atoms. The molecule has 0 N–H and O–H groups in total. The van der Waals surface area contributed by atoms with E-state index < -0.39 is 10.9 Å². The van der Waals surface area contributed by atoms with Crippen LogP contribution in [0.3, 0.4) is 0 Å². The Hall–Kier alpha value is -2.70. The molecule has 0 unspecified atom stereocenters. The number of carbonyl (C=O) groups is 1. The third-order valence-corrected chi connectivity index (χ3v) is 2.58. The molecule has 0 saturated heterocycles. The molecule has 98 valence electrons. The van der Waals surface area contributed by atoms with Gasteiger partial charge in [0.05, 0.1) is 16.5 Å². The summed E-state index contributed by atoms with van der Waals surface area (Å²) in [5.41, 5.74) is 0.933. The SMILES string of the molecule is C=Cc1c(COC(C)=O)cc([N+](=O)[O-])c2oncc12. The van der Waals surface area contributed by atoms with Gasteiger partial charge in [-0.3, -0.25) is 14.9 Å². The second-order valence-corrected chi connectivity index (χ2v) is 3.78. The second-order valence-electron chi connectivity index (χ2n) is 3.78. The van der Waals surface area contributed by atoms with Gasteiger partial charge in [0.25, 0.3) is 0 Å². The highest BCUT2D eigenvalue weighted by Crippen LogP contribution is 2.32. The Kier molecular flexibility index (Phi) is 3.28. The van der Waals surface area contributed by atoms with E-state index in [1.165, 1.54) is 25.3 Å². The molecule has 2 aromatic rings. The van der Waals surface area contributed by atoms with Crippen molar-refractivity contribution in [2.45, 2.75) is 13.5 Å². The third-order valence-electron chi connectivity index (χ3n) is 2.58. The van der Waals surface area contributed by atoms with Gasteiger partial charge in [0.2, 0.25) is 5.58 Å². The highest BCUT2D eigenvalue weighted by Gasteiger charge is 2.21. The average molecular weight is 262 g/mol. The quantitative estimate of drug-likeness (QED) is 0.477. The van der Waals surface area contributed by atoms with Gasteiger partial charge in [-0.25, -0.2) is 0 Å². The molecule has 0 spiro atoms. The van der Waals surface area contributed by atoms with E-state index in [1.54, 1.807) is 0 Å². The van der Waals surface area contributed by atoms with Gasteiger partial charge in [0.15, 0.2) is 0 Å². The molecule has 1 aromatic carbocycles. The summed E-state index contributed by atoms with van der Waals surface area (Å²) in [4.78, 5) is 21.3. The van der Waals surface area contributed by atoms with Crippen molar-refractivity contribution >= 4 is 28.7 Å². The van der Waals surface area contributed by atoms with Crippen LogP contribution in [-0.2, 0) is 16.1 Å². The first-order valence-electron chi connectivity index (χ1n) is 5.35. The standard InChI is InChI=1S/C12H10N2O5/c1-3-9-8(6-18-7(2)15)4-11(14(16)17)12-10(9)5-13-19-12/h3-5H,1,6H2,2H3. The van der Waals surface area contributed by atoms with E-state index in [-0.39, 0.29) is 17.9 Å². The highest BCUT2D eigenvalue weighted by atomic mass is 16.6. The molecule has 0 atom stereocenters. The van der Waals surface area contributed by atoms with Crippen LogP contribution in [0.25, 0.3) is 17.0 Å². The van der Waals surface area contributed by atoms with Crippen molar-refractivity contribution in [1.82, 2.24) is 5.16 Å². The summed E-state index contributed by atoms with van der Waals surface area (Å²) in [5.74, 6) is -0.469. The molecule has 19 heavy (non-hydrogen) atoms. The zero-order valence-corrected chi connectivity index (χ0v) is 10.1. The molecule has 0 radical (unpaired) electrons. The maximum absolute atomic E-state index is 11.0. The van der Waals surface area contributed by atoms with Gasteiger partial charge >= 0.3 is 11.7 Å². The molecular formula is C12H10N2O5. The summed E-state index contributed by atoms with van der Waals surface area (Å²) in [6.45, 7) is 4.84. The van der Waals surface area contributed by atoms with E-state index in [4.69, 9.17) is 9.26 Å². The molecule has 0 aliphatic carbocycles. The molecule has 1 heterocycles. The summed E-state index contributed by atoms with van der Waals surface area (Å²) in [7, 11) is 0. The fraction of sp³-hybridized carbons (Fsp3) is 0.167. The number of hydrogen-bond acceptors (Lipinski definition) is 6. The predicted octanol–water partition coefficient (Wildman–Crippen LogP) is 2.44. The second kappa shape index (κ2) is 4.89. The Bertz CT molecular complexity index is 674. The number of nitrogens with zero attached hydrogens (tertiary/aromatic N) is 2. The first-order chi connectivity index (χ1) is 9.04. The van der Waals surface area contributed by atoms with Crippen molar-refractivity contribution < 1.29 is 19.0 Å². The molecule has 7 heteroatoms. The largest absolute Gasteiger partial charge is 0.461 e. The van der Waals surface area contributed by atoms with Crippen LogP contribution in [0.4, 0.5) is 5.69 Å². The lowest BCUT2D eigenvalue weighted by Crippen LogP contribution is -2.02. The van der Waals surface area contributed by atoms with E-state index in [9.17, 15) is 14.9 Å². The smallest absolute Gasteiger partial charge is 0.315 e. The van der Waals surface area contributed by atoms with Gasteiger partial charge in [-0.05, 0) is 5.56 Å². The van der Waals surface area contributed by atoms with Crippen LogP contribution in [-0.4, -0.2) is 16.0 Å². The highest BCUT2D eigenvalue weighted by molar-refractivity contribution is 5.93. The maximum atomic E-state index is 11.0. The van der Waals surface area contributed by atoms with E-state index in [1.807, 2.05) is 0 Å². The molecule has 0 fully saturated rings. The Balaban J connectivity index is 2.64. The molecule has 0 aliphatic heterocycles. The molecule has 0 saturated carbocycles. The van der Waals surface area contributed by atoms with Crippen LogP contribution < -0.4 is 0 Å². The van der Waals surface area contributed by atoms with Crippen molar-refractivity contribution in [3.8, 4) is 0 Å². The summed E-state index contributed by atoms with van der Waals surface area (Å²) in [6, 6.07) is 1.30. The van der Waals surface area contributed by atoms with Gasteiger partial charge in [-0.2, -0.15) is 0 Å². The number of nitro benzene ring substituents is 1. The summed E-state index contributed by atoms with van der Waals surface area (Å²) in [6.07, 6.45) is 2.89. The Labute approximate surface area is 107 Å². The van der Waals surface area contributed by atoms with E-state index in [2.05, 4.69) is 11.7 Å². The van der Waals surface area contributed by atoms with Crippen molar-refractivity contribution in [3.63, 3.8) is 0 Å². The van der Waals surface area contributed by atoms with Crippen LogP contribution in [0.15, 0.2) is 23.4 Å². The molecule has 0 amide bonds. The van der Waals surface area contributed by atoms with Crippen molar-refractivity contribution in [3.05, 3.63) is 40.1 Å². The first kappa shape index (κ1) is 12.7. The van der Waals surface area contributed by atoms with Crippen LogP contribution in [0.2, 0.25) is 0 Å². The number of hydrogen-bond donors (Lipinski definition) is 0. The van der Waals surface area contributed by atoms with Crippen molar-refractivity contribution in [1.29, 1.82) is 0 Å². The summed E-state index contributed by atoms with van der Waals surface area (Å²) < 4.78 is 9.76. The Morgan fingerprint density at radius 2 is 2.42 bits per heavy atom. The van der Waals surface area contributed by atoms with Crippen molar-refractivity contribution in [2.24, 2.45) is 0 Å². The lowest BCUT2D eigenvalue weighted by molar-refractivity contribution is -0.383. The van der Waals surface area contributed by atoms with Crippen LogP contribution in [0.5, 0.6) is 0 Å². The van der Waals surface area contributed by atoms with Gasteiger partial charge in [0, 0.05) is 18.6 Å². The first-order valence-corrected chi connectivity index (χ1v) is 5.35. The number of fused-ring (bicyclic) bond motifs is 1. The van der Waals surface area contributed by atoms with Crippen LogP contribution >= 0.6 is 0 Å². The minimum Gasteiger partial charge on any atom is -0.461 e. The van der Waals surface area contributed by atoms with E-state index in [0.29, 0.717) is 16.5 Å². The van der Waals surface area contributed by atoms with E-state index >= 15 is 0 Å². The minimum absolute atomic E-state index is 0.0708. The fourth-order valence-electron chi connectivity index (χ4n) is 1.77. The molecule has 2 rings (SSSR count). The third kappa shape index (κ3) is 2.30. The number of carbonyl (C=O) groups excluding carboxylic acids is 1. The topological polar surface area (TPSA) is 95.5 Å². The number of non-ortho nitro benzene ring substituents is 1. The molecular weight excluding hydrogens is 252 g/mol. The predicted molar refractivity (Wildman–Crippen MR) is 66.2 cm³/mol. The molecule has 1 aromatic heterocycles. The fourth-order valence-corrected chi connectivity index (χ4v) is 1.77. The summed E-state index contributed by atoms with van der Waals surface area (Å²) >= 11 is 0. The number of rotatable bonds is 4. The van der Waals surface area contributed by atoms with Crippen LogP contribution in [0, 0.1) is 10.1 Å². The maximum Gasteiger partial charge on any atom is 0.315 e.